The Kier molecular flexibility index (Phi) is 3.16. The topological polar surface area (TPSA) is 80.1 Å². The van der Waals surface area contributed by atoms with Crippen molar-refractivity contribution in [3.63, 3.8) is 0 Å². The average Bonchev–Trinajstić information content (AvgIpc) is 2.94. The minimum Gasteiger partial charge on any atom is -0.264 e. The van der Waals surface area contributed by atoms with Gasteiger partial charge < -0.3 is 0 Å². The summed E-state index contributed by atoms with van der Waals surface area (Å²) in [6, 6.07) is 7.22. The van der Waals surface area contributed by atoms with Crippen LogP contribution in [-0.2, 0) is 0 Å². The van der Waals surface area contributed by atoms with E-state index in [2.05, 4.69) is 15.8 Å². The maximum Gasteiger partial charge on any atom is 0.252 e. The SMILES string of the molecule is O=[N+]([O-])C1CNNC1Sc1nc2ccccc2s1. The van der Waals surface area contributed by atoms with Gasteiger partial charge in [-0.3, -0.25) is 10.1 Å². The van der Waals surface area contributed by atoms with E-state index >= 15 is 0 Å². The van der Waals surface area contributed by atoms with Crippen molar-refractivity contribution in [1.82, 2.24) is 15.8 Å². The summed E-state index contributed by atoms with van der Waals surface area (Å²) in [4.78, 5) is 15.1. The number of nitrogens with zero attached hydrogens (tertiary/aromatic N) is 2. The predicted molar refractivity (Wildman–Crippen MR) is 71.2 cm³/mol. The first kappa shape index (κ1) is 11.8. The molecule has 0 saturated carbocycles. The third-order valence-electron chi connectivity index (χ3n) is 2.68. The summed E-state index contributed by atoms with van der Waals surface area (Å²) in [5.41, 5.74) is 6.68. The molecule has 2 unspecified atom stereocenters. The van der Waals surface area contributed by atoms with E-state index < -0.39 is 6.04 Å². The van der Waals surface area contributed by atoms with Gasteiger partial charge in [-0.15, -0.1) is 11.3 Å². The van der Waals surface area contributed by atoms with Crippen molar-refractivity contribution in [2.45, 2.75) is 15.8 Å². The lowest BCUT2D eigenvalue weighted by Crippen LogP contribution is -2.34. The van der Waals surface area contributed by atoms with Gasteiger partial charge in [0, 0.05) is 4.92 Å². The van der Waals surface area contributed by atoms with Crippen LogP contribution in [0.1, 0.15) is 0 Å². The molecule has 1 aliphatic heterocycles. The van der Waals surface area contributed by atoms with Crippen LogP contribution in [0.5, 0.6) is 0 Å². The Bertz CT molecular complexity index is 555. The van der Waals surface area contributed by atoms with Gasteiger partial charge in [-0.2, -0.15) is 0 Å². The van der Waals surface area contributed by atoms with Gasteiger partial charge in [0.15, 0.2) is 4.34 Å². The number of hydrogen-bond donors (Lipinski definition) is 2. The fourth-order valence-electron chi connectivity index (χ4n) is 1.77. The van der Waals surface area contributed by atoms with Crippen LogP contribution in [0.3, 0.4) is 0 Å². The second kappa shape index (κ2) is 4.81. The van der Waals surface area contributed by atoms with E-state index in [1.165, 1.54) is 11.8 Å². The molecule has 1 aliphatic rings. The van der Waals surface area contributed by atoms with Gasteiger partial charge in [-0.25, -0.2) is 15.8 Å². The highest BCUT2D eigenvalue weighted by atomic mass is 32.2. The van der Waals surface area contributed by atoms with E-state index in [9.17, 15) is 10.1 Å². The molecule has 18 heavy (non-hydrogen) atoms. The monoisotopic (exact) mass is 282 g/mol. The summed E-state index contributed by atoms with van der Waals surface area (Å²) in [7, 11) is 0. The van der Waals surface area contributed by atoms with Crippen LogP contribution in [0.2, 0.25) is 0 Å². The number of thioether (sulfide) groups is 1. The Labute approximate surface area is 111 Å². The molecule has 3 rings (SSSR count). The molecule has 2 N–H and O–H groups in total. The summed E-state index contributed by atoms with van der Waals surface area (Å²) in [6.45, 7) is 0.343. The minimum atomic E-state index is -0.623. The van der Waals surface area contributed by atoms with Gasteiger partial charge in [-0.1, -0.05) is 23.9 Å². The first-order chi connectivity index (χ1) is 8.74. The summed E-state index contributed by atoms with van der Waals surface area (Å²) < 4.78 is 1.95. The zero-order valence-corrected chi connectivity index (χ0v) is 10.8. The fraction of sp³-hybridized carbons (Fsp3) is 0.300. The van der Waals surface area contributed by atoms with Crippen LogP contribution in [-0.4, -0.2) is 27.9 Å². The number of para-hydroxylation sites is 1. The summed E-state index contributed by atoms with van der Waals surface area (Å²) in [5.74, 6) is 0. The van der Waals surface area contributed by atoms with Crippen molar-refractivity contribution in [1.29, 1.82) is 0 Å². The lowest BCUT2D eigenvalue weighted by Gasteiger charge is -2.08. The molecule has 2 heterocycles. The number of thiazole rings is 1. The summed E-state index contributed by atoms with van der Waals surface area (Å²) >= 11 is 2.96. The van der Waals surface area contributed by atoms with Crippen molar-refractivity contribution in [2.24, 2.45) is 0 Å². The lowest BCUT2D eigenvalue weighted by molar-refractivity contribution is -0.516. The molecule has 0 aliphatic carbocycles. The molecule has 2 aromatic rings. The number of nitrogens with one attached hydrogen (secondary N) is 2. The molecule has 1 aromatic carbocycles. The molecule has 1 saturated heterocycles. The van der Waals surface area contributed by atoms with Crippen molar-refractivity contribution < 1.29 is 4.92 Å². The number of fused-ring (bicyclic) bond motifs is 1. The Hall–Kier alpha value is -1.22. The molecule has 0 amide bonds. The van der Waals surface area contributed by atoms with Crippen LogP contribution >= 0.6 is 23.1 Å². The maximum absolute atomic E-state index is 10.9. The third kappa shape index (κ3) is 2.19. The van der Waals surface area contributed by atoms with Crippen molar-refractivity contribution in [2.75, 3.05) is 6.54 Å². The number of rotatable bonds is 3. The first-order valence-electron chi connectivity index (χ1n) is 5.38. The second-order valence-electron chi connectivity index (χ2n) is 3.86. The van der Waals surface area contributed by atoms with Crippen LogP contribution in [0.25, 0.3) is 10.2 Å². The highest BCUT2D eigenvalue weighted by Gasteiger charge is 2.37. The molecule has 8 heteroatoms. The van der Waals surface area contributed by atoms with Crippen LogP contribution in [0.15, 0.2) is 28.6 Å². The van der Waals surface area contributed by atoms with E-state index in [-0.39, 0.29) is 10.3 Å². The van der Waals surface area contributed by atoms with E-state index in [0.717, 1.165) is 14.6 Å². The molecule has 0 spiro atoms. The van der Waals surface area contributed by atoms with E-state index in [1.807, 2.05) is 24.3 Å². The Morgan fingerprint density at radius 3 is 3.11 bits per heavy atom. The lowest BCUT2D eigenvalue weighted by atomic mass is 10.3. The third-order valence-corrected chi connectivity index (χ3v) is 5.03. The number of hydrogen-bond acceptors (Lipinski definition) is 7. The largest absolute Gasteiger partial charge is 0.264 e. The smallest absolute Gasteiger partial charge is 0.252 e. The van der Waals surface area contributed by atoms with E-state index in [0.29, 0.717) is 6.54 Å². The van der Waals surface area contributed by atoms with Gasteiger partial charge in [0.2, 0.25) is 0 Å². The second-order valence-corrected chi connectivity index (χ2v) is 6.28. The van der Waals surface area contributed by atoms with Gasteiger partial charge >= 0.3 is 0 Å². The van der Waals surface area contributed by atoms with Gasteiger partial charge in [0.05, 0.1) is 16.8 Å². The minimum absolute atomic E-state index is 0.252. The van der Waals surface area contributed by atoms with E-state index in [1.54, 1.807) is 11.3 Å². The van der Waals surface area contributed by atoms with E-state index in [4.69, 9.17) is 0 Å². The summed E-state index contributed by atoms with van der Waals surface area (Å²) in [5, 5.41) is 10.6. The highest BCUT2D eigenvalue weighted by Crippen LogP contribution is 2.33. The standard InChI is InChI=1S/C10H10N4O2S2/c15-14(16)7-5-11-13-9(7)18-10-12-6-3-1-2-4-8(6)17-10/h1-4,7,9,11,13H,5H2. The fourth-order valence-corrected chi connectivity index (χ4v) is 4.10. The quantitative estimate of drug-likeness (QED) is 0.655. The molecule has 1 aromatic heterocycles. The summed E-state index contributed by atoms with van der Waals surface area (Å²) in [6.07, 6.45) is 0. The van der Waals surface area contributed by atoms with Gasteiger partial charge in [0.1, 0.15) is 5.37 Å². The van der Waals surface area contributed by atoms with Crippen LogP contribution in [0, 0.1) is 10.1 Å². The average molecular weight is 282 g/mol. The Balaban J connectivity index is 1.81. The highest BCUT2D eigenvalue weighted by molar-refractivity contribution is 8.01. The van der Waals surface area contributed by atoms with Crippen LogP contribution in [0.4, 0.5) is 0 Å². The molecular formula is C10H10N4O2S2. The Morgan fingerprint density at radius 2 is 2.33 bits per heavy atom. The molecular weight excluding hydrogens is 272 g/mol. The zero-order chi connectivity index (χ0) is 12.5. The van der Waals surface area contributed by atoms with Crippen molar-refractivity contribution in [3.8, 4) is 0 Å². The zero-order valence-electron chi connectivity index (χ0n) is 9.20. The van der Waals surface area contributed by atoms with Gasteiger partial charge in [-0.05, 0) is 12.1 Å². The van der Waals surface area contributed by atoms with Gasteiger partial charge in [0.25, 0.3) is 6.04 Å². The molecule has 0 radical (unpaired) electrons. The van der Waals surface area contributed by atoms with Crippen molar-refractivity contribution >= 4 is 33.3 Å². The maximum atomic E-state index is 10.9. The number of nitro groups is 1. The first-order valence-corrected chi connectivity index (χ1v) is 7.08. The molecule has 1 fully saturated rings. The molecule has 2 atom stereocenters. The molecule has 94 valence electrons. The van der Waals surface area contributed by atoms with Crippen LogP contribution < -0.4 is 10.9 Å². The number of aromatic nitrogens is 1. The predicted octanol–water partition coefficient (Wildman–Crippen LogP) is 1.47. The normalized spacial score (nSPS) is 23.6. The van der Waals surface area contributed by atoms with Crippen molar-refractivity contribution in [3.05, 3.63) is 34.4 Å². The molecule has 6 nitrogen and oxygen atoms in total. The Morgan fingerprint density at radius 1 is 1.50 bits per heavy atom. The molecule has 0 bridgehead atoms. The number of benzene rings is 1. The number of hydrazine groups is 1.